The molecule has 1 aromatic carbocycles. The van der Waals surface area contributed by atoms with Crippen molar-refractivity contribution in [1.29, 1.82) is 0 Å². The summed E-state index contributed by atoms with van der Waals surface area (Å²) >= 11 is 0. The van der Waals surface area contributed by atoms with Gasteiger partial charge in [-0.3, -0.25) is 0 Å². The van der Waals surface area contributed by atoms with E-state index < -0.39 is 0 Å². The van der Waals surface area contributed by atoms with Crippen LogP contribution in [0.3, 0.4) is 0 Å². The van der Waals surface area contributed by atoms with Gasteiger partial charge in [-0.05, 0) is 43.2 Å². The Morgan fingerprint density at radius 2 is 2.18 bits per heavy atom. The first-order valence-electron chi connectivity index (χ1n) is 6.86. The van der Waals surface area contributed by atoms with Gasteiger partial charge in [0.15, 0.2) is 0 Å². The van der Waals surface area contributed by atoms with Crippen LogP contribution in [0, 0.1) is 0 Å². The second-order valence-corrected chi connectivity index (χ2v) is 5.20. The maximum Gasteiger partial charge on any atom is 0.0576 e. The van der Waals surface area contributed by atoms with Crippen molar-refractivity contribution in [3.63, 3.8) is 0 Å². The highest BCUT2D eigenvalue weighted by Gasteiger charge is 2.21. The molecule has 0 radical (unpaired) electrons. The minimum Gasteiger partial charge on any atom is -0.378 e. The van der Waals surface area contributed by atoms with Crippen LogP contribution in [-0.4, -0.2) is 12.7 Å². The standard InChI is InChI=1S/C15H21NO/c1-2-8-14-12(5-1)11-16-15(14)9-3-6-13-7-4-10-17-13/h1-2,5,8,13,15-16H,3-4,6-7,9-11H2. The maximum atomic E-state index is 5.67. The lowest BCUT2D eigenvalue weighted by Crippen LogP contribution is -2.13. The van der Waals surface area contributed by atoms with Crippen LogP contribution in [0.5, 0.6) is 0 Å². The van der Waals surface area contributed by atoms with Crippen molar-refractivity contribution in [3.05, 3.63) is 35.4 Å². The van der Waals surface area contributed by atoms with Crippen molar-refractivity contribution in [2.24, 2.45) is 0 Å². The molecule has 0 spiro atoms. The Bertz CT molecular complexity index is 371. The van der Waals surface area contributed by atoms with Crippen LogP contribution in [0.1, 0.15) is 49.3 Å². The third-order valence-corrected chi connectivity index (χ3v) is 4.01. The number of hydrogen-bond donors (Lipinski definition) is 1. The molecule has 2 heterocycles. The van der Waals surface area contributed by atoms with Gasteiger partial charge >= 0.3 is 0 Å². The third-order valence-electron chi connectivity index (χ3n) is 4.01. The Morgan fingerprint density at radius 3 is 3.06 bits per heavy atom. The van der Waals surface area contributed by atoms with Crippen molar-refractivity contribution in [2.75, 3.05) is 6.61 Å². The second-order valence-electron chi connectivity index (χ2n) is 5.20. The fourth-order valence-corrected chi connectivity index (χ4v) is 3.06. The fourth-order valence-electron chi connectivity index (χ4n) is 3.06. The average Bonchev–Trinajstić information content (AvgIpc) is 2.99. The molecule has 0 aliphatic carbocycles. The van der Waals surface area contributed by atoms with Gasteiger partial charge in [0.2, 0.25) is 0 Å². The van der Waals surface area contributed by atoms with E-state index in [1.54, 1.807) is 0 Å². The summed E-state index contributed by atoms with van der Waals surface area (Å²) in [7, 11) is 0. The Balaban J connectivity index is 1.50. The summed E-state index contributed by atoms with van der Waals surface area (Å²) in [6, 6.07) is 9.37. The molecule has 1 N–H and O–H groups in total. The summed E-state index contributed by atoms with van der Waals surface area (Å²) in [6.45, 7) is 2.02. The number of benzene rings is 1. The monoisotopic (exact) mass is 231 g/mol. The highest BCUT2D eigenvalue weighted by Crippen LogP contribution is 2.29. The Kier molecular flexibility index (Phi) is 3.44. The van der Waals surface area contributed by atoms with E-state index >= 15 is 0 Å². The second kappa shape index (κ2) is 5.19. The Labute approximate surface area is 103 Å². The number of hydrogen-bond acceptors (Lipinski definition) is 2. The molecule has 0 saturated carbocycles. The summed E-state index contributed by atoms with van der Waals surface area (Å²) in [4.78, 5) is 0. The molecule has 1 saturated heterocycles. The minimum atomic E-state index is 0.548. The van der Waals surface area contributed by atoms with Crippen LogP contribution in [0.15, 0.2) is 24.3 Å². The number of nitrogens with one attached hydrogen (secondary N) is 1. The predicted octanol–water partition coefficient (Wildman–Crippen LogP) is 3.18. The van der Waals surface area contributed by atoms with Crippen LogP contribution in [0.25, 0.3) is 0 Å². The van der Waals surface area contributed by atoms with E-state index in [0.29, 0.717) is 12.1 Å². The van der Waals surface area contributed by atoms with Gasteiger partial charge in [0.25, 0.3) is 0 Å². The summed E-state index contributed by atoms with van der Waals surface area (Å²) < 4.78 is 5.67. The predicted molar refractivity (Wildman–Crippen MR) is 68.8 cm³/mol. The number of fused-ring (bicyclic) bond motifs is 1. The highest BCUT2D eigenvalue weighted by molar-refractivity contribution is 5.33. The summed E-state index contributed by atoms with van der Waals surface area (Å²) in [5, 5.41) is 3.61. The van der Waals surface area contributed by atoms with Gasteiger partial charge in [0, 0.05) is 19.2 Å². The van der Waals surface area contributed by atoms with Gasteiger partial charge in [-0.15, -0.1) is 0 Å². The lowest BCUT2D eigenvalue weighted by atomic mass is 9.99. The van der Waals surface area contributed by atoms with E-state index in [0.717, 1.165) is 13.2 Å². The highest BCUT2D eigenvalue weighted by atomic mass is 16.5. The van der Waals surface area contributed by atoms with Crippen LogP contribution in [0.4, 0.5) is 0 Å². The van der Waals surface area contributed by atoms with E-state index in [9.17, 15) is 0 Å². The van der Waals surface area contributed by atoms with Crippen molar-refractivity contribution >= 4 is 0 Å². The molecule has 0 aromatic heterocycles. The molecule has 0 bridgehead atoms. The zero-order chi connectivity index (χ0) is 11.5. The summed E-state index contributed by atoms with van der Waals surface area (Å²) in [5.41, 5.74) is 2.99. The summed E-state index contributed by atoms with van der Waals surface area (Å²) in [5.74, 6) is 0. The van der Waals surface area contributed by atoms with Gasteiger partial charge in [0.05, 0.1) is 6.10 Å². The van der Waals surface area contributed by atoms with E-state index in [-0.39, 0.29) is 0 Å². The van der Waals surface area contributed by atoms with Crippen LogP contribution < -0.4 is 5.32 Å². The molecule has 2 atom stereocenters. The van der Waals surface area contributed by atoms with Crippen molar-refractivity contribution in [1.82, 2.24) is 5.32 Å². The quantitative estimate of drug-likeness (QED) is 0.859. The molecule has 2 heteroatoms. The number of ether oxygens (including phenoxy) is 1. The maximum absolute atomic E-state index is 5.67. The average molecular weight is 231 g/mol. The van der Waals surface area contributed by atoms with Crippen molar-refractivity contribution < 1.29 is 4.74 Å². The lowest BCUT2D eigenvalue weighted by Gasteiger charge is -2.14. The van der Waals surface area contributed by atoms with Gasteiger partial charge in [-0.1, -0.05) is 24.3 Å². The summed E-state index contributed by atoms with van der Waals surface area (Å²) in [6.07, 6.45) is 6.84. The first-order chi connectivity index (χ1) is 8.43. The first kappa shape index (κ1) is 11.2. The van der Waals surface area contributed by atoms with E-state index in [1.807, 2.05) is 0 Å². The van der Waals surface area contributed by atoms with Crippen molar-refractivity contribution in [2.45, 2.75) is 50.8 Å². The molecular formula is C15H21NO. The van der Waals surface area contributed by atoms with Crippen molar-refractivity contribution in [3.8, 4) is 0 Å². The Hall–Kier alpha value is -0.860. The molecule has 2 unspecified atom stereocenters. The van der Waals surface area contributed by atoms with E-state index in [4.69, 9.17) is 4.74 Å². The smallest absolute Gasteiger partial charge is 0.0576 e. The van der Waals surface area contributed by atoms with Crippen LogP contribution in [0.2, 0.25) is 0 Å². The molecule has 0 amide bonds. The van der Waals surface area contributed by atoms with Gasteiger partial charge in [-0.25, -0.2) is 0 Å². The molecule has 1 fully saturated rings. The normalized spacial score (nSPS) is 27.3. The first-order valence-corrected chi connectivity index (χ1v) is 6.86. The van der Waals surface area contributed by atoms with E-state index in [1.165, 1.54) is 43.2 Å². The molecule has 3 rings (SSSR count). The van der Waals surface area contributed by atoms with Gasteiger partial charge in [0.1, 0.15) is 0 Å². The SMILES string of the molecule is c1ccc2c(c1)CNC2CCCC1CCCO1. The molecular weight excluding hydrogens is 210 g/mol. The van der Waals surface area contributed by atoms with Gasteiger partial charge < -0.3 is 10.1 Å². The topological polar surface area (TPSA) is 21.3 Å². The molecule has 1 aromatic rings. The largest absolute Gasteiger partial charge is 0.378 e. The Morgan fingerprint density at radius 1 is 1.24 bits per heavy atom. The van der Waals surface area contributed by atoms with Gasteiger partial charge in [-0.2, -0.15) is 0 Å². The van der Waals surface area contributed by atoms with E-state index in [2.05, 4.69) is 29.6 Å². The minimum absolute atomic E-state index is 0.548. The fraction of sp³-hybridized carbons (Fsp3) is 0.600. The molecule has 2 aliphatic heterocycles. The van der Waals surface area contributed by atoms with Crippen LogP contribution >= 0.6 is 0 Å². The molecule has 92 valence electrons. The third kappa shape index (κ3) is 2.53. The molecule has 2 aliphatic rings. The zero-order valence-corrected chi connectivity index (χ0v) is 10.3. The zero-order valence-electron chi connectivity index (χ0n) is 10.3. The number of rotatable bonds is 4. The lowest BCUT2D eigenvalue weighted by molar-refractivity contribution is 0.101. The molecule has 2 nitrogen and oxygen atoms in total. The molecule has 17 heavy (non-hydrogen) atoms. The van der Waals surface area contributed by atoms with Crippen LogP contribution in [-0.2, 0) is 11.3 Å².